The van der Waals surface area contributed by atoms with E-state index in [-0.39, 0.29) is 17.9 Å². The van der Waals surface area contributed by atoms with Crippen LogP contribution in [0, 0.1) is 10.8 Å². The van der Waals surface area contributed by atoms with Crippen LogP contribution in [0.1, 0.15) is 67.1 Å². The van der Waals surface area contributed by atoms with E-state index < -0.39 is 17.0 Å². The molecule has 0 unspecified atom stereocenters. The third kappa shape index (κ3) is 6.77. The number of nitrogens with one attached hydrogen (secondary N) is 2. The lowest BCUT2D eigenvalue weighted by molar-refractivity contribution is -0.132. The Morgan fingerprint density at radius 1 is 0.889 bits per heavy atom. The van der Waals surface area contributed by atoms with Crippen LogP contribution < -0.4 is 20.1 Å². The maximum atomic E-state index is 12.5. The zero-order valence-electron chi connectivity index (χ0n) is 18.0. The summed E-state index contributed by atoms with van der Waals surface area (Å²) in [6.45, 7) is 14.8. The van der Waals surface area contributed by atoms with Gasteiger partial charge < -0.3 is 20.1 Å². The molecule has 27 heavy (non-hydrogen) atoms. The molecule has 0 heterocycles. The van der Waals surface area contributed by atoms with Gasteiger partial charge in [-0.05, 0) is 31.5 Å². The smallest absolute Gasteiger partial charge is 0.227 e. The van der Waals surface area contributed by atoms with E-state index >= 15 is 0 Å². The number of rotatable bonds is 6. The highest BCUT2D eigenvalue weighted by molar-refractivity contribution is 5.84. The third-order valence-corrected chi connectivity index (χ3v) is 3.80. The molecule has 6 nitrogen and oxygen atoms in total. The molecule has 0 aliphatic rings. The molecule has 0 bridgehead atoms. The van der Waals surface area contributed by atoms with Crippen molar-refractivity contribution >= 4 is 11.8 Å². The number of amides is 2. The zero-order chi connectivity index (χ0) is 21.0. The fourth-order valence-corrected chi connectivity index (χ4v) is 2.11. The van der Waals surface area contributed by atoms with Crippen molar-refractivity contribution in [3.63, 3.8) is 0 Å². The van der Waals surface area contributed by atoms with Crippen LogP contribution in [0.15, 0.2) is 18.2 Å². The molecule has 1 aromatic rings. The Bertz CT molecular complexity index is 642. The summed E-state index contributed by atoms with van der Waals surface area (Å²) < 4.78 is 11.2. The van der Waals surface area contributed by atoms with E-state index in [2.05, 4.69) is 10.6 Å². The van der Waals surface area contributed by atoms with Crippen molar-refractivity contribution < 1.29 is 19.1 Å². The fraction of sp³-hybridized carbons (Fsp3) is 0.619. The van der Waals surface area contributed by atoms with E-state index in [0.717, 1.165) is 0 Å². The Labute approximate surface area is 163 Å². The standard InChI is InChI=1S/C21H34N2O4/c1-13(2)27-15-11-10-14(12-16(15)26-9)17(22-18(24)20(3,4)5)23-19(25)21(6,7)8/h10-13,17H,1-9H3,(H,22,24)(H,23,25). The van der Waals surface area contributed by atoms with Crippen molar-refractivity contribution in [1.82, 2.24) is 10.6 Å². The van der Waals surface area contributed by atoms with Crippen molar-refractivity contribution in [2.45, 2.75) is 67.7 Å². The van der Waals surface area contributed by atoms with Crippen LogP contribution in [0.25, 0.3) is 0 Å². The second kappa shape index (κ2) is 8.63. The molecule has 0 saturated heterocycles. The first-order valence-electron chi connectivity index (χ1n) is 9.22. The predicted octanol–water partition coefficient (Wildman–Crippen LogP) is 3.81. The number of hydrogen-bond acceptors (Lipinski definition) is 4. The lowest BCUT2D eigenvalue weighted by Gasteiger charge is -2.28. The summed E-state index contributed by atoms with van der Waals surface area (Å²) in [5.74, 6) is 0.826. The highest BCUT2D eigenvalue weighted by Crippen LogP contribution is 2.31. The number of ether oxygens (including phenoxy) is 2. The second-order valence-corrected chi connectivity index (χ2v) is 8.96. The summed E-state index contributed by atoms with van der Waals surface area (Å²) >= 11 is 0. The average molecular weight is 379 g/mol. The zero-order valence-corrected chi connectivity index (χ0v) is 18.0. The van der Waals surface area contributed by atoms with Crippen molar-refractivity contribution in [2.75, 3.05) is 7.11 Å². The van der Waals surface area contributed by atoms with Gasteiger partial charge in [0.05, 0.1) is 13.2 Å². The maximum absolute atomic E-state index is 12.5. The predicted molar refractivity (Wildman–Crippen MR) is 107 cm³/mol. The van der Waals surface area contributed by atoms with Gasteiger partial charge in [0, 0.05) is 10.8 Å². The Kier molecular flexibility index (Phi) is 7.29. The van der Waals surface area contributed by atoms with E-state index in [0.29, 0.717) is 17.1 Å². The van der Waals surface area contributed by atoms with Crippen molar-refractivity contribution in [2.24, 2.45) is 10.8 Å². The van der Waals surface area contributed by atoms with Gasteiger partial charge >= 0.3 is 0 Å². The molecule has 0 fully saturated rings. The van der Waals surface area contributed by atoms with Crippen LogP contribution in [-0.4, -0.2) is 25.0 Å². The minimum absolute atomic E-state index is 0.00161. The molecular formula is C21H34N2O4. The molecule has 1 aromatic carbocycles. The summed E-state index contributed by atoms with van der Waals surface area (Å²) in [7, 11) is 1.56. The average Bonchev–Trinajstić information content (AvgIpc) is 2.52. The fourth-order valence-electron chi connectivity index (χ4n) is 2.11. The highest BCUT2D eigenvalue weighted by Gasteiger charge is 2.29. The molecule has 6 heteroatoms. The van der Waals surface area contributed by atoms with Gasteiger partial charge in [-0.25, -0.2) is 0 Å². The third-order valence-electron chi connectivity index (χ3n) is 3.80. The number of methoxy groups -OCH3 is 1. The Morgan fingerprint density at radius 2 is 1.37 bits per heavy atom. The van der Waals surface area contributed by atoms with Gasteiger partial charge in [0.1, 0.15) is 6.17 Å². The summed E-state index contributed by atoms with van der Waals surface area (Å²) in [6.07, 6.45) is -0.674. The van der Waals surface area contributed by atoms with E-state index in [1.54, 1.807) is 19.2 Å². The molecule has 2 N–H and O–H groups in total. The monoisotopic (exact) mass is 378 g/mol. The van der Waals surface area contributed by atoms with E-state index in [1.807, 2.05) is 61.5 Å². The van der Waals surface area contributed by atoms with E-state index in [9.17, 15) is 9.59 Å². The molecular weight excluding hydrogens is 344 g/mol. The maximum Gasteiger partial charge on any atom is 0.227 e. The molecule has 0 aromatic heterocycles. The number of carbonyl (C=O) groups excluding carboxylic acids is 2. The minimum Gasteiger partial charge on any atom is -0.493 e. The Hall–Kier alpha value is -2.24. The Morgan fingerprint density at radius 3 is 1.74 bits per heavy atom. The van der Waals surface area contributed by atoms with Gasteiger partial charge in [0.2, 0.25) is 11.8 Å². The van der Waals surface area contributed by atoms with Crippen molar-refractivity contribution in [3.8, 4) is 11.5 Å². The van der Waals surface area contributed by atoms with Crippen molar-refractivity contribution in [3.05, 3.63) is 23.8 Å². The molecule has 0 spiro atoms. The summed E-state index contributed by atoms with van der Waals surface area (Å²) in [4.78, 5) is 25.1. The van der Waals surface area contributed by atoms with E-state index in [4.69, 9.17) is 9.47 Å². The normalized spacial score (nSPS) is 12.1. The largest absolute Gasteiger partial charge is 0.493 e. The van der Waals surface area contributed by atoms with Gasteiger partial charge in [-0.3, -0.25) is 9.59 Å². The SMILES string of the molecule is COc1cc(C(NC(=O)C(C)(C)C)NC(=O)C(C)(C)C)ccc1OC(C)C. The first-order chi connectivity index (χ1) is 12.3. The minimum atomic E-state index is -0.676. The molecule has 0 aliphatic heterocycles. The van der Waals surface area contributed by atoms with E-state index in [1.165, 1.54) is 0 Å². The van der Waals surface area contributed by atoms with Gasteiger partial charge in [0.25, 0.3) is 0 Å². The van der Waals surface area contributed by atoms with Gasteiger partial charge in [-0.1, -0.05) is 47.6 Å². The summed E-state index contributed by atoms with van der Waals surface area (Å²) in [5.41, 5.74) is -0.469. The number of hydrogen-bond donors (Lipinski definition) is 2. The van der Waals surface area contributed by atoms with Gasteiger partial charge in [-0.15, -0.1) is 0 Å². The molecule has 0 atom stereocenters. The van der Waals surface area contributed by atoms with Gasteiger partial charge in [-0.2, -0.15) is 0 Å². The highest BCUT2D eigenvalue weighted by atomic mass is 16.5. The van der Waals surface area contributed by atoms with Crippen LogP contribution in [0.5, 0.6) is 11.5 Å². The number of benzene rings is 1. The van der Waals surface area contributed by atoms with Crippen LogP contribution in [0.3, 0.4) is 0 Å². The first-order valence-corrected chi connectivity index (χ1v) is 9.22. The van der Waals surface area contributed by atoms with Crippen LogP contribution >= 0.6 is 0 Å². The van der Waals surface area contributed by atoms with Crippen molar-refractivity contribution in [1.29, 1.82) is 0 Å². The summed E-state index contributed by atoms with van der Waals surface area (Å²) in [6, 6.07) is 5.37. The van der Waals surface area contributed by atoms with Gasteiger partial charge in [0.15, 0.2) is 11.5 Å². The first kappa shape index (κ1) is 22.8. The van der Waals surface area contributed by atoms with Crippen LogP contribution in [0.2, 0.25) is 0 Å². The second-order valence-electron chi connectivity index (χ2n) is 8.96. The number of carbonyl (C=O) groups is 2. The van der Waals surface area contributed by atoms with Crippen LogP contribution in [0.4, 0.5) is 0 Å². The molecule has 2 amide bonds. The lowest BCUT2D eigenvalue weighted by Crippen LogP contribution is -2.47. The van der Waals surface area contributed by atoms with Crippen LogP contribution in [-0.2, 0) is 9.59 Å². The molecule has 1 rings (SSSR count). The molecule has 152 valence electrons. The topological polar surface area (TPSA) is 76.7 Å². The molecule has 0 saturated carbocycles. The Balaban J connectivity index is 3.25. The lowest BCUT2D eigenvalue weighted by atomic mass is 9.94. The molecule has 0 radical (unpaired) electrons. The molecule has 0 aliphatic carbocycles. The summed E-state index contributed by atoms with van der Waals surface area (Å²) in [5, 5.41) is 5.84. The quantitative estimate of drug-likeness (QED) is 0.738.